The van der Waals surface area contributed by atoms with Gasteiger partial charge in [0.15, 0.2) is 6.29 Å². The van der Waals surface area contributed by atoms with Crippen LogP contribution in [0.15, 0.2) is 48.5 Å². The fourth-order valence-electron chi connectivity index (χ4n) is 4.81. The Morgan fingerprint density at radius 2 is 1.51 bits per heavy atom. The summed E-state index contributed by atoms with van der Waals surface area (Å²) >= 11 is 0. The number of carbonyl (C=O) groups excluding carboxylic acids is 2. The van der Waals surface area contributed by atoms with E-state index in [2.05, 4.69) is 10.2 Å². The molecule has 10 nitrogen and oxygen atoms in total. The molecule has 2 amide bonds. The van der Waals surface area contributed by atoms with Crippen LogP contribution >= 0.6 is 0 Å². The average Bonchev–Trinajstić information content (AvgIpc) is 2.98. The van der Waals surface area contributed by atoms with Crippen LogP contribution in [0, 0.1) is 0 Å². The number of unbranched alkanes of at least 4 members (excludes halogenated alkanes) is 1. The number of nitrogens with one attached hydrogen (secondary N) is 2. The maximum atomic E-state index is 12.1. The zero-order chi connectivity index (χ0) is 27.5. The molecule has 2 fully saturated rings. The first-order valence-corrected chi connectivity index (χ1v) is 13.6. The summed E-state index contributed by atoms with van der Waals surface area (Å²) in [6.07, 6.45) is 1.70. The second kappa shape index (κ2) is 15.1. The number of hydrogen-bond acceptors (Lipinski definition) is 8. The summed E-state index contributed by atoms with van der Waals surface area (Å²) in [5.74, 6) is -0.525. The van der Waals surface area contributed by atoms with Gasteiger partial charge in [-0.25, -0.2) is 5.48 Å². The Kier molecular flexibility index (Phi) is 11.3. The molecule has 2 aromatic rings. The molecule has 2 aliphatic rings. The molecule has 0 spiro atoms. The Morgan fingerprint density at radius 1 is 0.872 bits per heavy atom. The molecule has 2 aromatic carbocycles. The number of hydroxylamine groups is 1. The highest BCUT2D eigenvalue weighted by Crippen LogP contribution is 2.38. The standard InChI is InChI=1S/C29H39N3O7/c33-20-22-7-9-23(10-8-22)26-17-25(19-32-13-15-37-16-14-32)38-29(39-26)24-11-5-21(6-12-24)18-30-27(34)3-1-2-4-28(35)31-36/h5-12,25-26,29,33,36H,1-4,13-20H2,(H,30,34)(H,31,35)/t25-,26+,29+/m1/s1. The van der Waals surface area contributed by atoms with Crippen molar-refractivity contribution in [3.8, 4) is 0 Å². The third-order valence-corrected chi connectivity index (χ3v) is 7.10. The van der Waals surface area contributed by atoms with Crippen LogP contribution in [0.4, 0.5) is 0 Å². The van der Waals surface area contributed by atoms with Crippen LogP contribution in [0.2, 0.25) is 0 Å². The number of ether oxygens (including phenoxy) is 3. The van der Waals surface area contributed by atoms with Crippen molar-refractivity contribution in [1.29, 1.82) is 0 Å². The van der Waals surface area contributed by atoms with E-state index in [1.54, 1.807) is 5.48 Å². The van der Waals surface area contributed by atoms with Crippen LogP contribution in [0.25, 0.3) is 0 Å². The Balaban J connectivity index is 1.34. The smallest absolute Gasteiger partial charge is 0.243 e. The van der Waals surface area contributed by atoms with Gasteiger partial charge in [0.25, 0.3) is 0 Å². The number of aliphatic hydroxyl groups is 1. The van der Waals surface area contributed by atoms with E-state index in [9.17, 15) is 14.7 Å². The summed E-state index contributed by atoms with van der Waals surface area (Å²) in [5.41, 5.74) is 5.39. The first-order chi connectivity index (χ1) is 19.0. The molecule has 0 bridgehead atoms. The third kappa shape index (κ3) is 9.10. The third-order valence-electron chi connectivity index (χ3n) is 7.10. The van der Waals surface area contributed by atoms with Crippen molar-refractivity contribution in [2.24, 2.45) is 0 Å². The molecule has 2 saturated heterocycles. The molecule has 0 unspecified atom stereocenters. The van der Waals surface area contributed by atoms with Crippen molar-refractivity contribution in [2.75, 3.05) is 32.8 Å². The second-order valence-electron chi connectivity index (χ2n) is 10.0. The highest BCUT2D eigenvalue weighted by Gasteiger charge is 2.33. The average molecular weight is 542 g/mol. The minimum atomic E-state index is -0.521. The summed E-state index contributed by atoms with van der Waals surface area (Å²) < 4.78 is 18.4. The van der Waals surface area contributed by atoms with Gasteiger partial charge in [-0.05, 0) is 29.5 Å². The number of hydrogen-bond donors (Lipinski definition) is 4. The van der Waals surface area contributed by atoms with Crippen molar-refractivity contribution < 1.29 is 34.1 Å². The molecule has 2 aliphatic heterocycles. The molecule has 4 rings (SSSR count). The molecule has 10 heteroatoms. The van der Waals surface area contributed by atoms with Gasteiger partial charge in [0.05, 0.1) is 32.0 Å². The normalized spacial score (nSPS) is 21.8. The van der Waals surface area contributed by atoms with Gasteiger partial charge in [-0.15, -0.1) is 0 Å². The Morgan fingerprint density at radius 3 is 2.18 bits per heavy atom. The van der Waals surface area contributed by atoms with E-state index in [1.807, 2.05) is 48.5 Å². The SMILES string of the molecule is O=C(CCCCC(=O)NCc1ccc([C@H]2O[C@@H](CN3CCOCC3)C[C@@H](c3ccc(CO)cc3)O2)cc1)NO. The molecule has 0 saturated carbocycles. The van der Waals surface area contributed by atoms with E-state index in [0.29, 0.717) is 25.8 Å². The number of rotatable bonds is 12. The van der Waals surface area contributed by atoms with Gasteiger partial charge in [-0.1, -0.05) is 48.5 Å². The lowest BCUT2D eigenvalue weighted by Gasteiger charge is -2.39. The maximum absolute atomic E-state index is 12.1. The van der Waals surface area contributed by atoms with Crippen LogP contribution in [-0.4, -0.2) is 66.0 Å². The monoisotopic (exact) mass is 541 g/mol. The Bertz CT molecular complexity index is 1040. The number of nitrogens with zero attached hydrogens (tertiary/aromatic N) is 1. The van der Waals surface area contributed by atoms with Crippen LogP contribution in [0.5, 0.6) is 0 Å². The number of carbonyl (C=O) groups is 2. The van der Waals surface area contributed by atoms with E-state index < -0.39 is 12.2 Å². The van der Waals surface area contributed by atoms with Crippen molar-refractivity contribution >= 4 is 11.8 Å². The summed E-state index contributed by atoms with van der Waals surface area (Å²) in [4.78, 5) is 25.5. The second-order valence-corrected chi connectivity index (χ2v) is 10.0. The molecule has 39 heavy (non-hydrogen) atoms. The van der Waals surface area contributed by atoms with Gasteiger partial charge in [0, 0.05) is 51.0 Å². The van der Waals surface area contributed by atoms with Gasteiger partial charge in [0.2, 0.25) is 11.8 Å². The maximum Gasteiger partial charge on any atom is 0.243 e. The quantitative estimate of drug-likeness (QED) is 0.183. The molecule has 0 radical (unpaired) electrons. The van der Waals surface area contributed by atoms with Gasteiger partial charge in [-0.3, -0.25) is 19.7 Å². The van der Waals surface area contributed by atoms with Crippen LogP contribution < -0.4 is 10.8 Å². The van der Waals surface area contributed by atoms with Crippen LogP contribution in [-0.2, 0) is 37.0 Å². The molecule has 4 N–H and O–H groups in total. The lowest BCUT2D eigenvalue weighted by atomic mass is 9.99. The number of benzene rings is 2. The minimum Gasteiger partial charge on any atom is -0.392 e. The summed E-state index contributed by atoms with van der Waals surface area (Å²) in [6, 6.07) is 15.7. The summed E-state index contributed by atoms with van der Waals surface area (Å²) in [5, 5.41) is 20.8. The molecule has 212 valence electrons. The first kappa shape index (κ1) is 29.1. The van der Waals surface area contributed by atoms with Crippen LogP contribution in [0.1, 0.15) is 66.8 Å². The van der Waals surface area contributed by atoms with Crippen LogP contribution in [0.3, 0.4) is 0 Å². The van der Waals surface area contributed by atoms with E-state index in [1.165, 1.54) is 0 Å². The highest BCUT2D eigenvalue weighted by atomic mass is 16.7. The first-order valence-electron chi connectivity index (χ1n) is 13.6. The van der Waals surface area contributed by atoms with Gasteiger partial charge >= 0.3 is 0 Å². The van der Waals surface area contributed by atoms with Gasteiger partial charge in [0.1, 0.15) is 0 Å². The fraction of sp³-hybridized carbons (Fsp3) is 0.517. The predicted molar refractivity (Wildman–Crippen MR) is 142 cm³/mol. The molecule has 3 atom stereocenters. The van der Waals surface area contributed by atoms with E-state index >= 15 is 0 Å². The number of morpholine rings is 1. The largest absolute Gasteiger partial charge is 0.392 e. The Hall–Kier alpha value is -2.86. The van der Waals surface area contributed by atoms with Crippen molar-refractivity contribution in [2.45, 2.75) is 63.8 Å². The number of aliphatic hydroxyl groups excluding tert-OH is 1. The lowest BCUT2D eigenvalue weighted by Crippen LogP contribution is -2.44. The fourth-order valence-corrected chi connectivity index (χ4v) is 4.81. The van der Waals surface area contributed by atoms with Gasteiger partial charge in [-0.2, -0.15) is 0 Å². The summed E-state index contributed by atoms with van der Waals surface area (Å²) in [7, 11) is 0. The molecule has 0 aromatic heterocycles. The zero-order valence-electron chi connectivity index (χ0n) is 22.2. The lowest BCUT2D eigenvalue weighted by molar-refractivity contribution is -0.253. The summed E-state index contributed by atoms with van der Waals surface area (Å²) in [6.45, 7) is 4.47. The Labute approximate surface area is 229 Å². The van der Waals surface area contributed by atoms with E-state index in [4.69, 9.17) is 19.4 Å². The zero-order valence-corrected chi connectivity index (χ0v) is 22.2. The van der Waals surface area contributed by atoms with Gasteiger partial charge < -0.3 is 24.6 Å². The molecule has 2 heterocycles. The van der Waals surface area contributed by atoms with Crippen molar-refractivity contribution in [3.63, 3.8) is 0 Å². The van der Waals surface area contributed by atoms with Crippen molar-refractivity contribution in [1.82, 2.24) is 15.7 Å². The minimum absolute atomic E-state index is 0.00729. The van der Waals surface area contributed by atoms with Crippen molar-refractivity contribution in [3.05, 3.63) is 70.8 Å². The molecule has 0 aliphatic carbocycles. The predicted octanol–water partition coefficient (Wildman–Crippen LogP) is 2.74. The van der Waals surface area contributed by atoms with E-state index in [-0.39, 0.29) is 31.1 Å². The molecular weight excluding hydrogens is 502 g/mol. The topological polar surface area (TPSA) is 130 Å². The highest BCUT2D eigenvalue weighted by molar-refractivity contribution is 5.76. The molecular formula is C29H39N3O7. The number of amides is 2. The van der Waals surface area contributed by atoms with E-state index in [0.717, 1.165) is 61.5 Å².